The van der Waals surface area contributed by atoms with Gasteiger partial charge in [-0.05, 0) is 199 Å². The lowest BCUT2D eigenvalue weighted by atomic mass is 9.70. The van der Waals surface area contributed by atoms with Gasteiger partial charge in [-0.2, -0.15) is 0 Å². The molecule has 5 heterocycles. The first kappa shape index (κ1) is 65.3. The van der Waals surface area contributed by atoms with Gasteiger partial charge in [0.25, 0.3) is 5.91 Å². The van der Waals surface area contributed by atoms with Crippen molar-refractivity contribution < 1.29 is 14.3 Å². The van der Waals surface area contributed by atoms with Crippen LogP contribution in [0.2, 0.25) is 0 Å². The first-order valence-electron chi connectivity index (χ1n) is 32.3. The highest BCUT2D eigenvalue weighted by molar-refractivity contribution is 6.12. The van der Waals surface area contributed by atoms with E-state index in [1.165, 1.54) is 69.4 Å². The minimum Gasteiger partial charge on any atom is -0.359 e. The molecule has 0 radical (unpaired) electrons. The van der Waals surface area contributed by atoms with E-state index in [9.17, 15) is 0 Å². The summed E-state index contributed by atoms with van der Waals surface area (Å²) < 4.78 is 10.9. The number of H-pyrrole nitrogens is 2. The Bertz CT molecular complexity index is 4090. The van der Waals surface area contributed by atoms with E-state index < -0.39 is 5.41 Å². The van der Waals surface area contributed by atoms with Gasteiger partial charge in [-0.1, -0.05) is 191 Å². The maximum atomic E-state index is 15.2. The number of aromatic amines is 2. The van der Waals surface area contributed by atoms with Crippen LogP contribution in [0.25, 0.3) is 56.5 Å². The molecule has 0 fully saturated rings. The van der Waals surface area contributed by atoms with Crippen molar-refractivity contribution in [2.75, 3.05) is 19.2 Å². The van der Waals surface area contributed by atoms with E-state index >= 15 is 4.79 Å². The number of ether oxygens (including phenoxy) is 2. The molecule has 1 amide bonds. The van der Waals surface area contributed by atoms with Gasteiger partial charge < -0.3 is 24.8 Å². The third-order valence-corrected chi connectivity index (χ3v) is 18.9. The summed E-state index contributed by atoms with van der Waals surface area (Å²) in [5.74, 6) is -0.204. The number of allylic oxidation sites excluding steroid dienone is 21. The molecule has 2 atom stereocenters. The monoisotopic (exact) mass is 1190 g/mol. The van der Waals surface area contributed by atoms with E-state index in [-0.39, 0.29) is 24.0 Å². The van der Waals surface area contributed by atoms with E-state index in [4.69, 9.17) is 19.4 Å². The highest BCUT2D eigenvalue weighted by atomic mass is 16.7. The van der Waals surface area contributed by atoms with Crippen LogP contribution in [0.4, 0.5) is 5.69 Å². The van der Waals surface area contributed by atoms with Crippen LogP contribution in [-0.4, -0.2) is 39.7 Å². The van der Waals surface area contributed by atoms with Gasteiger partial charge in [0.1, 0.15) is 6.79 Å². The van der Waals surface area contributed by atoms with Crippen LogP contribution in [0, 0.1) is 19.3 Å². The van der Waals surface area contributed by atoms with Gasteiger partial charge in [0.05, 0.1) is 34.7 Å². The van der Waals surface area contributed by atoms with Gasteiger partial charge in [-0.15, -0.1) is 0 Å². The molecular formula is C81H95N5O3. The van der Waals surface area contributed by atoms with Crippen LogP contribution >= 0.6 is 0 Å². The fraction of sp³-hybridized carbons (Fsp3) is 0.346. The maximum Gasteiger partial charge on any atom is 0.252 e. The molecule has 2 aliphatic heterocycles. The van der Waals surface area contributed by atoms with Gasteiger partial charge in [0, 0.05) is 57.6 Å². The molecule has 2 aliphatic carbocycles. The SMILES string of the molecule is CCC1=C(C)c2cc3[nH]c(cc4nc5c(c6[nH]c(c(CC)c6C)c(-c6ccc(COCOC)cc6)c1n2)C=C(C(=O)Nc1ccc(/C=C/C(C)=C/C=C/C(C)=C/C=C/C=C(C)/C=C/C=C(C)/C=C/C2=C(C)CCCC2(C)C)cc1)C5(C)C4CC)c(CC)c3C. The molecule has 8 nitrogen and oxygen atoms in total. The summed E-state index contributed by atoms with van der Waals surface area (Å²) in [7, 11) is 1.64. The first-order chi connectivity index (χ1) is 42.7. The smallest absolute Gasteiger partial charge is 0.252 e. The summed E-state index contributed by atoms with van der Waals surface area (Å²) in [5, 5.41) is 3.35. The third kappa shape index (κ3) is 14.2. The van der Waals surface area contributed by atoms with E-state index in [1.54, 1.807) is 7.11 Å². The van der Waals surface area contributed by atoms with Crippen LogP contribution in [0.15, 0.2) is 179 Å². The largest absolute Gasteiger partial charge is 0.359 e. The number of methoxy groups -OCH3 is 1. The number of rotatable bonds is 21. The standard InChI is InChI=1S/C81H95N5O3/c1-17-63-56(10)70-47-71-57(11)64(18-2)76(84-71)74(61-40-36-60(37-41-61)49-89-50-88-16)77-65(19-3)58(12)75(86-77)66-46-69(81(15)67(20-4)73(85-78(66)81)48-72(63)83-70)79(87)82-62-42-38-59(39-43-62)35-33-53(7)30-23-28-51(5)26-21-22-27-52(6)29-24-31-54(8)34-44-68-55(9)32-25-45-80(68,13)14/h21-24,26-31,33-44,46-48,67,83,86H,17-20,25,32,45,49-50H2,1-16H3,(H,82,87)/b22-21+,28-23+,29-24+,35-33+,44-34+,51-26+,52-27+,53-30+,54-31+,70-47?,71-47?,72-48?,73-48?,75-66?,76-74?,77-74?. The summed E-state index contributed by atoms with van der Waals surface area (Å²) in [5.41, 5.74) is 29.0. The number of carbonyl (C=O) groups is 1. The summed E-state index contributed by atoms with van der Waals surface area (Å²) in [6, 6.07) is 21.3. The maximum absolute atomic E-state index is 15.2. The molecule has 0 saturated carbocycles. The molecule has 2 aromatic carbocycles. The lowest BCUT2D eigenvalue weighted by molar-refractivity contribution is -0.113. The van der Waals surface area contributed by atoms with Gasteiger partial charge in [0.15, 0.2) is 0 Å². The van der Waals surface area contributed by atoms with Crippen molar-refractivity contribution in [3.8, 4) is 11.1 Å². The van der Waals surface area contributed by atoms with Crippen molar-refractivity contribution >= 4 is 57.0 Å². The molecule has 462 valence electrons. The summed E-state index contributed by atoms with van der Waals surface area (Å²) in [6.07, 6.45) is 39.2. The predicted molar refractivity (Wildman–Crippen MR) is 378 cm³/mol. The van der Waals surface area contributed by atoms with E-state index in [0.717, 1.165) is 121 Å². The highest BCUT2D eigenvalue weighted by Crippen LogP contribution is 2.56. The normalized spacial score (nSPS) is 18.4. The molecule has 0 spiro atoms. The second-order valence-electron chi connectivity index (χ2n) is 25.6. The number of nitrogens with one attached hydrogen (secondary N) is 3. The van der Waals surface area contributed by atoms with Crippen molar-refractivity contribution in [2.45, 2.75) is 167 Å². The predicted octanol–water partition coefficient (Wildman–Crippen LogP) is 21.2. The van der Waals surface area contributed by atoms with Gasteiger partial charge >= 0.3 is 0 Å². The molecule has 2 unspecified atom stereocenters. The first-order valence-corrected chi connectivity index (χ1v) is 32.3. The topological polar surface area (TPSA) is 105 Å². The van der Waals surface area contributed by atoms with Crippen LogP contribution in [0.3, 0.4) is 0 Å². The summed E-state index contributed by atoms with van der Waals surface area (Å²) in [4.78, 5) is 34.4. The minimum absolute atomic E-state index is 0.0709. The second-order valence-corrected chi connectivity index (χ2v) is 25.6. The van der Waals surface area contributed by atoms with E-state index in [1.807, 2.05) is 12.1 Å². The molecule has 3 N–H and O–H groups in total. The number of nitrogens with zero attached hydrogens (tertiary/aromatic N) is 2. The van der Waals surface area contributed by atoms with Crippen LogP contribution < -0.4 is 5.32 Å². The zero-order chi connectivity index (χ0) is 63.7. The average molecular weight is 1190 g/mol. The number of carbonyl (C=O) groups excluding carboxylic acids is 1. The van der Waals surface area contributed by atoms with Crippen molar-refractivity contribution in [3.63, 3.8) is 0 Å². The van der Waals surface area contributed by atoms with Gasteiger partial charge in [-0.3, -0.25) is 9.78 Å². The number of aryl methyl sites for hydroxylation is 4. The zero-order valence-corrected chi connectivity index (χ0v) is 56.0. The molecule has 8 bridgehead atoms. The van der Waals surface area contributed by atoms with Crippen LogP contribution in [0.5, 0.6) is 0 Å². The number of hydrogen-bond acceptors (Lipinski definition) is 5. The Hall–Kier alpha value is -8.17. The number of fused-ring (bicyclic) bond motifs is 8. The molecule has 0 saturated heterocycles. The Kier molecular flexibility index (Phi) is 20.9. The number of aromatic nitrogens is 4. The number of amides is 1. The number of anilines is 1. The van der Waals surface area contributed by atoms with Crippen molar-refractivity contribution in [1.82, 2.24) is 19.9 Å². The Morgan fingerprint density at radius 1 is 0.708 bits per heavy atom. The van der Waals surface area contributed by atoms with Crippen LogP contribution in [0.1, 0.15) is 190 Å². The van der Waals surface area contributed by atoms with Crippen molar-refractivity contribution in [3.05, 3.63) is 240 Å². The molecular weight excluding hydrogens is 1090 g/mol. The Labute approximate surface area is 531 Å². The Morgan fingerprint density at radius 2 is 1.35 bits per heavy atom. The molecule has 89 heavy (non-hydrogen) atoms. The molecule has 9 rings (SSSR count). The van der Waals surface area contributed by atoms with Gasteiger partial charge in [0.2, 0.25) is 0 Å². The Morgan fingerprint density at radius 3 is 1.97 bits per heavy atom. The van der Waals surface area contributed by atoms with Crippen molar-refractivity contribution in [2.24, 2.45) is 5.41 Å². The average Bonchev–Trinajstić information content (AvgIpc) is 1.55. The van der Waals surface area contributed by atoms with Crippen LogP contribution in [-0.2, 0) is 39.1 Å². The minimum atomic E-state index is -0.720. The molecule has 3 aromatic heterocycles. The number of benzene rings is 2. The number of hydrogen-bond donors (Lipinski definition) is 3. The molecule has 5 aromatic rings. The lowest BCUT2D eigenvalue weighted by Crippen LogP contribution is -2.33. The summed E-state index contributed by atoms with van der Waals surface area (Å²) in [6.45, 7) is 34.0. The quantitative estimate of drug-likeness (QED) is 0.0386. The highest BCUT2D eigenvalue weighted by Gasteiger charge is 2.52. The van der Waals surface area contributed by atoms with Crippen molar-refractivity contribution in [1.29, 1.82) is 0 Å². The third-order valence-electron chi connectivity index (χ3n) is 18.9. The second kappa shape index (κ2) is 28.5. The zero-order valence-electron chi connectivity index (χ0n) is 56.0. The Balaban J connectivity index is 0.976. The molecule has 8 heteroatoms. The van der Waals surface area contributed by atoms with Gasteiger partial charge in [-0.25, -0.2) is 4.98 Å². The van der Waals surface area contributed by atoms with E-state index in [0.29, 0.717) is 12.2 Å². The molecule has 4 aliphatic rings. The lowest BCUT2D eigenvalue weighted by Gasteiger charge is -2.32. The van der Waals surface area contributed by atoms with E-state index in [2.05, 4.69) is 259 Å². The fourth-order valence-electron chi connectivity index (χ4n) is 13.8. The summed E-state index contributed by atoms with van der Waals surface area (Å²) >= 11 is 0. The fourth-order valence-corrected chi connectivity index (χ4v) is 13.8.